The van der Waals surface area contributed by atoms with Crippen molar-refractivity contribution in [3.63, 3.8) is 0 Å². The Morgan fingerprint density at radius 3 is 2.59 bits per heavy atom. The molecule has 0 aromatic heterocycles. The van der Waals surface area contributed by atoms with Gasteiger partial charge >= 0.3 is 6.18 Å². The van der Waals surface area contributed by atoms with Gasteiger partial charge in [-0.25, -0.2) is 0 Å². The number of hydrogen-bond donors (Lipinski definition) is 2. The third-order valence-electron chi connectivity index (χ3n) is 2.91. The quantitative estimate of drug-likeness (QED) is 0.834. The van der Waals surface area contributed by atoms with Crippen LogP contribution in [0.5, 0.6) is 5.75 Å². The number of hydrogen-bond acceptors (Lipinski definition) is 2. The lowest BCUT2D eigenvalue weighted by molar-refractivity contribution is -0.138. The first-order valence-electron chi connectivity index (χ1n) is 5.20. The van der Waals surface area contributed by atoms with Gasteiger partial charge in [-0.3, -0.25) is 0 Å². The molecule has 17 heavy (non-hydrogen) atoms. The highest BCUT2D eigenvalue weighted by atomic mass is 79.9. The zero-order chi connectivity index (χ0) is 12.6. The van der Waals surface area contributed by atoms with Crippen LogP contribution in [-0.4, -0.2) is 18.2 Å². The van der Waals surface area contributed by atoms with Crippen LogP contribution in [0.25, 0.3) is 0 Å². The Hall–Kier alpha value is -0.750. The van der Waals surface area contributed by atoms with Gasteiger partial charge in [-0.2, -0.15) is 13.2 Å². The molecule has 1 heterocycles. The summed E-state index contributed by atoms with van der Waals surface area (Å²) in [6.45, 7) is 1.36. The van der Waals surface area contributed by atoms with Crippen molar-refractivity contribution >= 4 is 15.9 Å². The fraction of sp³-hybridized carbons (Fsp3) is 0.455. The summed E-state index contributed by atoms with van der Waals surface area (Å²) in [6, 6.07) is 2.46. The van der Waals surface area contributed by atoms with Gasteiger partial charge in [-0.15, -0.1) is 0 Å². The molecular weight excluding hydrogens is 299 g/mol. The molecule has 2 nitrogen and oxygen atoms in total. The van der Waals surface area contributed by atoms with E-state index in [9.17, 15) is 18.3 Å². The molecule has 1 aromatic carbocycles. The van der Waals surface area contributed by atoms with E-state index in [1.807, 2.05) is 0 Å². The van der Waals surface area contributed by atoms with E-state index in [-0.39, 0.29) is 5.92 Å². The van der Waals surface area contributed by atoms with Crippen LogP contribution in [-0.2, 0) is 6.18 Å². The van der Waals surface area contributed by atoms with Crippen molar-refractivity contribution in [3.8, 4) is 5.75 Å². The van der Waals surface area contributed by atoms with Crippen LogP contribution in [0.1, 0.15) is 23.5 Å². The molecule has 1 atom stereocenters. The summed E-state index contributed by atoms with van der Waals surface area (Å²) in [5, 5.41) is 12.8. The molecule has 1 aliphatic rings. The zero-order valence-corrected chi connectivity index (χ0v) is 10.4. The third-order valence-corrected chi connectivity index (χ3v) is 3.37. The number of phenolic OH excluding ortho intramolecular Hbond substituents is 1. The van der Waals surface area contributed by atoms with Crippen molar-refractivity contribution in [1.29, 1.82) is 0 Å². The molecule has 2 N–H and O–H groups in total. The lowest BCUT2D eigenvalue weighted by Crippen LogP contribution is -2.11. The van der Waals surface area contributed by atoms with Gasteiger partial charge < -0.3 is 10.4 Å². The highest BCUT2D eigenvalue weighted by molar-refractivity contribution is 9.10. The number of nitrogens with one attached hydrogen (secondary N) is 1. The van der Waals surface area contributed by atoms with E-state index in [1.54, 1.807) is 6.07 Å². The Kier molecular flexibility index (Phi) is 3.36. The summed E-state index contributed by atoms with van der Waals surface area (Å²) in [5.74, 6) is -0.706. The first-order chi connectivity index (χ1) is 7.89. The Morgan fingerprint density at radius 1 is 1.35 bits per heavy atom. The second kappa shape index (κ2) is 4.49. The summed E-state index contributed by atoms with van der Waals surface area (Å²) < 4.78 is 38.4. The predicted molar refractivity (Wildman–Crippen MR) is 61.0 cm³/mol. The smallest absolute Gasteiger partial charge is 0.420 e. The van der Waals surface area contributed by atoms with Crippen molar-refractivity contribution < 1.29 is 18.3 Å². The maximum absolute atomic E-state index is 12.7. The monoisotopic (exact) mass is 309 g/mol. The Balaban J connectivity index is 2.49. The van der Waals surface area contributed by atoms with Crippen LogP contribution in [0.4, 0.5) is 13.2 Å². The van der Waals surface area contributed by atoms with E-state index in [0.29, 0.717) is 16.6 Å². The van der Waals surface area contributed by atoms with Crippen LogP contribution in [0.3, 0.4) is 0 Å². The van der Waals surface area contributed by atoms with Crippen molar-refractivity contribution in [1.82, 2.24) is 5.32 Å². The van der Waals surface area contributed by atoms with Gasteiger partial charge in [0.15, 0.2) is 0 Å². The fourth-order valence-corrected chi connectivity index (χ4v) is 2.54. The third kappa shape index (κ3) is 2.57. The molecule has 0 spiro atoms. The number of alkyl halides is 3. The van der Waals surface area contributed by atoms with Crippen LogP contribution in [0.2, 0.25) is 0 Å². The van der Waals surface area contributed by atoms with E-state index in [2.05, 4.69) is 21.2 Å². The molecule has 0 aliphatic carbocycles. The second-order valence-corrected chi connectivity index (χ2v) is 4.99. The minimum atomic E-state index is -4.53. The normalized spacial score (nSPS) is 20.8. The molecule has 2 rings (SSSR count). The van der Waals surface area contributed by atoms with Gasteiger partial charge in [0.2, 0.25) is 0 Å². The molecular formula is C11H11BrF3NO. The highest BCUT2D eigenvalue weighted by Gasteiger charge is 2.36. The molecule has 1 aromatic rings. The molecule has 1 unspecified atom stereocenters. The minimum absolute atomic E-state index is 0.0615. The van der Waals surface area contributed by atoms with E-state index in [1.165, 1.54) is 0 Å². The van der Waals surface area contributed by atoms with Gasteiger partial charge in [-0.1, -0.05) is 15.9 Å². The van der Waals surface area contributed by atoms with Gasteiger partial charge in [-0.05, 0) is 25.1 Å². The molecule has 0 amide bonds. The summed E-state index contributed by atoms with van der Waals surface area (Å²) in [7, 11) is 0. The van der Waals surface area contributed by atoms with Crippen LogP contribution in [0.15, 0.2) is 16.6 Å². The topological polar surface area (TPSA) is 32.3 Å². The lowest BCUT2D eigenvalue weighted by Gasteiger charge is -2.16. The van der Waals surface area contributed by atoms with Crippen molar-refractivity contribution in [2.75, 3.05) is 13.1 Å². The maximum atomic E-state index is 12.7. The van der Waals surface area contributed by atoms with E-state index >= 15 is 0 Å². The lowest BCUT2D eigenvalue weighted by atomic mass is 9.95. The molecule has 0 bridgehead atoms. The average molecular weight is 310 g/mol. The average Bonchev–Trinajstić information content (AvgIpc) is 2.72. The Bertz CT molecular complexity index is 427. The van der Waals surface area contributed by atoms with E-state index in [4.69, 9.17) is 0 Å². The highest BCUT2D eigenvalue weighted by Crippen LogP contribution is 2.42. The van der Waals surface area contributed by atoms with Gasteiger partial charge in [0, 0.05) is 22.5 Å². The summed E-state index contributed by atoms with van der Waals surface area (Å²) in [6.07, 6.45) is -3.80. The van der Waals surface area contributed by atoms with Crippen molar-refractivity contribution in [2.24, 2.45) is 0 Å². The van der Waals surface area contributed by atoms with Gasteiger partial charge in [0.05, 0.1) is 5.56 Å². The van der Waals surface area contributed by atoms with Gasteiger partial charge in [0.1, 0.15) is 5.75 Å². The molecule has 6 heteroatoms. The SMILES string of the molecule is Oc1c(C2CCNC2)cc(Br)cc1C(F)(F)F. The first kappa shape index (κ1) is 12.7. The van der Waals surface area contributed by atoms with Crippen molar-refractivity contribution in [2.45, 2.75) is 18.5 Å². The number of rotatable bonds is 1. The fourth-order valence-electron chi connectivity index (χ4n) is 2.07. The van der Waals surface area contributed by atoms with Crippen molar-refractivity contribution in [3.05, 3.63) is 27.7 Å². The van der Waals surface area contributed by atoms with E-state index < -0.39 is 17.5 Å². The zero-order valence-electron chi connectivity index (χ0n) is 8.81. The molecule has 0 saturated carbocycles. The second-order valence-electron chi connectivity index (χ2n) is 4.08. The molecule has 1 fully saturated rings. The number of halogens is 4. The largest absolute Gasteiger partial charge is 0.507 e. The number of aromatic hydroxyl groups is 1. The van der Waals surface area contributed by atoms with Gasteiger partial charge in [0.25, 0.3) is 0 Å². The summed E-state index contributed by atoms with van der Waals surface area (Å²) >= 11 is 3.06. The molecule has 1 aliphatic heterocycles. The molecule has 94 valence electrons. The Morgan fingerprint density at radius 2 is 2.06 bits per heavy atom. The van der Waals surface area contributed by atoms with Crippen LogP contribution < -0.4 is 5.32 Å². The first-order valence-corrected chi connectivity index (χ1v) is 5.99. The van der Waals surface area contributed by atoms with Crippen LogP contribution in [0, 0.1) is 0 Å². The maximum Gasteiger partial charge on any atom is 0.420 e. The predicted octanol–water partition coefficient (Wildman–Crippen LogP) is 3.25. The molecule has 1 saturated heterocycles. The number of phenols is 1. The minimum Gasteiger partial charge on any atom is -0.507 e. The summed E-state index contributed by atoms with van der Waals surface area (Å²) in [4.78, 5) is 0. The van der Waals surface area contributed by atoms with Crippen LogP contribution >= 0.6 is 15.9 Å². The molecule has 0 radical (unpaired) electrons. The summed E-state index contributed by atoms with van der Waals surface area (Å²) in [5.41, 5.74) is -0.620. The van der Waals surface area contributed by atoms with E-state index in [0.717, 1.165) is 19.0 Å². The Labute approximate surface area is 105 Å². The number of benzene rings is 1. The standard InChI is InChI=1S/C11H11BrF3NO/c12-7-3-8(6-1-2-16-5-6)10(17)9(4-7)11(13,14)15/h3-4,6,16-17H,1-2,5H2.